The molecule has 0 unspecified atom stereocenters. The van der Waals surface area contributed by atoms with Crippen LogP contribution in [-0.2, 0) is 0 Å². The molecule has 0 saturated heterocycles. The van der Waals surface area contributed by atoms with Crippen LogP contribution in [0.5, 0.6) is 0 Å². The molecule has 318 valence electrons. The molecule has 1 heterocycles. The Morgan fingerprint density at radius 2 is 0.721 bits per heavy atom. The highest BCUT2D eigenvalue weighted by molar-refractivity contribution is 6.22. The quantitative estimate of drug-likeness (QED) is 0.142. The first-order chi connectivity index (χ1) is 33.7. The van der Waals surface area contributed by atoms with Crippen molar-refractivity contribution in [1.82, 2.24) is 0 Å². The van der Waals surface area contributed by atoms with Gasteiger partial charge in [0.05, 0.1) is 0 Å². The molecule has 0 saturated carbocycles. The van der Waals surface area contributed by atoms with Gasteiger partial charge in [0.1, 0.15) is 11.2 Å². The van der Waals surface area contributed by atoms with Crippen molar-refractivity contribution in [1.29, 1.82) is 0 Å². The van der Waals surface area contributed by atoms with Crippen molar-refractivity contribution in [2.75, 3.05) is 4.90 Å². The molecule has 0 amide bonds. The van der Waals surface area contributed by atoms with Crippen LogP contribution in [0, 0.1) is 0 Å². The number of anilines is 3. The molecular weight excluding hydrogens is 823 g/mol. The molecule has 13 rings (SSSR count). The molecule has 12 aromatic carbocycles. The zero-order valence-corrected chi connectivity index (χ0v) is 37.2. The van der Waals surface area contributed by atoms with E-state index in [1.807, 2.05) is 0 Å². The first-order valence-corrected chi connectivity index (χ1v) is 23.3. The Morgan fingerprint density at radius 3 is 1.35 bits per heavy atom. The first kappa shape index (κ1) is 39.4. The maximum absolute atomic E-state index is 6.57. The van der Waals surface area contributed by atoms with Gasteiger partial charge in [-0.3, -0.25) is 0 Å². The number of benzene rings is 12. The zero-order valence-electron chi connectivity index (χ0n) is 37.2. The molecule has 0 N–H and O–H groups in total. The van der Waals surface area contributed by atoms with E-state index in [4.69, 9.17) is 4.42 Å². The largest absolute Gasteiger partial charge is 0.455 e. The van der Waals surface area contributed by atoms with Crippen LogP contribution in [0.3, 0.4) is 0 Å². The number of hydrogen-bond donors (Lipinski definition) is 0. The number of hydrogen-bond acceptors (Lipinski definition) is 2. The van der Waals surface area contributed by atoms with Crippen molar-refractivity contribution < 1.29 is 4.42 Å². The van der Waals surface area contributed by atoms with Crippen molar-refractivity contribution in [3.8, 4) is 55.6 Å². The predicted molar refractivity (Wildman–Crippen MR) is 288 cm³/mol. The van der Waals surface area contributed by atoms with Gasteiger partial charge < -0.3 is 9.32 Å². The molecular formula is C66H43NO. The van der Waals surface area contributed by atoms with Crippen LogP contribution in [0.15, 0.2) is 265 Å². The highest BCUT2D eigenvalue weighted by atomic mass is 16.3. The highest BCUT2D eigenvalue weighted by Crippen LogP contribution is 2.46. The van der Waals surface area contributed by atoms with E-state index in [0.29, 0.717) is 0 Å². The van der Waals surface area contributed by atoms with Crippen LogP contribution in [-0.4, -0.2) is 0 Å². The summed E-state index contributed by atoms with van der Waals surface area (Å²) in [5.74, 6) is 0. The van der Waals surface area contributed by atoms with Crippen molar-refractivity contribution in [3.05, 3.63) is 261 Å². The smallest absolute Gasteiger partial charge is 0.143 e. The van der Waals surface area contributed by atoms with Gasteiger partial charge in [0.15, 0.2) is 0 Å². The molecule has 0 atom stereocenters. The molecule has 0 bridgehead atoms. The number of fused-ring (bicyclic) bond motifs is 8. The van der Waals surface area contributed by atoms with Gasteiger partial charge in [-0.25, -0.2) is 0 Å². The summed E-state index contributed by atoms with van der Waals surface area (Å²) in [5.41, 5.74) is 17.0. The average molecular weight is 866 g/mol. The summed E-state index contributed by atoms with van der Waals surface area (Å²) >= 11 is 0. The zero-order chi connectivity index (χ0) is 45.0. The molecule has 0 aliphatic rings. The molecule has 0 spiro atoms. The van der Waals surface area contributed by atoms with Gasteiger partial charge in [0, 0.05) is 33.2 Å². The van der Waals surface area contributed by atoms with Gasteiger partial charge >= 0.3 is 0 Å². The minimum atomic E-state index is 0.894. The molecule has 2 heteroatoms. The van der Waals surface area contributed by atoms with Crippen LogP contribution in [0.1, 0.15) is 0 Å². The Balaban J connectivity index is 0.921. The summed E-state index contributed by atoms with van der Waals surface area (Å²) in [7, 11) is 0. The molecule has 1 aromatic heterocycles. The van der Waals surface area contributed by atoms with Crippen molar-refractivity contribution in [3.63, 3.8) is 0 Å². The lowest BCUT2D eigenvalue weighted by molar-refractivity contribution is 0.673. The molecule has 68 heavy (non-hydrogen) atoms. The Morgan fingerprint density at radius 1 is 0.265 bits per heavy atom. The van der Waals surface area contributed by atoms with Crippen LogP contribution in [0.4, 0.5) is 17.1 Å². The van der Waals surface area contributed by atoms with Gasteiger partial charge in [-0.15, -0.1) is 0 Å². The monoisotopic (exact) mass is 865 g/mol. The molecule has 13 aromatic rings. The SMILES string of the molecule is c1ccc(-c2ccc(N(c3ccc(-c4ccc5c(c4)c(-c4ccccc4)c(-c4ccccc4)c4ccccc45)cc3)c3ccc(-c4cccc5oc6c7ccccc7ccc6c45)cc3)cc2)cc1. The lowest BCUT2D eigenvalue weighted by atomic mass is 9.84. The van der Waals surface area contributed by atoms with Gasteiger partial charge in [0.2, 0.25) is 0 Å². The highest BCUT2D eigenvalue weighted by Gasteiger charge is 2.20. The van der Waals surface area contributed by atoms with E-state index in [9.17, 15) is 0 Å². The van der Waals surface area contributed by atoms with E-state index in [0.717, 1.165) is 61.1 Å². The van der Waals surface area contributed by atoms with Crippen LogP contribution in [0.25, 0.3) is 110 Å². The van der Waals surface area contributed by atoms with E-state index in [1.54, 1.807) is 0 Å². The van der Waals surface area contributed by atoms with Crippen molar-refractivity contribution in [2.45, 2.75) is 0 Å². The third-order valence-electron chi connectivity index (χ3n) is 13.7. The minimum absolute atomic E-state index is 0.894. The van der Waals surface area contributed by atoms with Crippen molar-refractivity contribution in [2.24, 2.45) is 0 Å². The third-order valence-corrected chi connectivity index (χ3v) is 13.7. The summed E-state index contributed by atoms with van der Waals surface area (Å²) in [5, 5.41) is 9.58. The van der Waals surface area contributed by atoms with E-state index in [-0.39, 0.29) is 0 Å². The Labute approximate surface area is 395 Å². The maximum Gasteiger partial charge on any atom is 0.143 e. The normalized spacial score (nSPS) is 11.5. The number of nitrogens with zero attached hydrogens (tertiary/aromatic N) is 1. The van der Waals surface area contributed by atoms with Gasteiger partial charge in [-0.1, -0.05) is 206 Å². The molecule has 0 fully saturated rings. The van der Waals surface area contributed by atoms with Crippen LogP contribution in [0.2, 0.25) is 0 Å². The second-order valence-electron chi connectivity index (χ2n) is 17.6. The number of furan rings is 1. The fourth-order valence-corrected chi connectivity index (χ4v) is 10.4. The summed E-state index contributed by atoms with van der Waals surface area (Å²) in [6.45, 7) is 0. The average Bonchev–Trinajstić information content (AvgIpc) is 3.82. The van der Waals surface area contributed by atoms with E-state index in [1.165, 1.54) is 65.9 Å². The summed E-state index contributed by atoms with van der Waals surface area (Å²) < 4.78 is 6.57. The Hall–Kier alpha value is -8.98. The topological polar surface area (TPSA) is 16.4 Å². The minimum Gasteiger partial charge on any atom is -0.455 e. The Kier molecular flexibility index (Phi) is 9.54. The molecule has 2 nitrogen and oxygen atoms in total. The van der Waals surface area contributed by atoms with Gasteiger partial charge in [0.25, 0.3) is 0 Å². The van der Waals surface area contributed by atoms with Crippen LogP contribution >= 0.6 is 0 Å². The lowest BCUT2D eigenvalue weighted by Gasteiger charge is -2.26. The summed E-state index contributed by atoms with van der Waals surface area (Å²) in [6, 6.07) is 94.3. The molecule has 0 aliphatic heterocycles. The standard InChI is InChI=1S/C66H43NO/c1-4-15-44(16-5-1)45-27-35-52(36-28-45)67(54-39-31-48(32-40-54)55-25-14-26-62-65(55)60-42-33-47-17-10-11-22-56(47)66(60)68-62)53-37-29-46(30-38-53)51-34-41-58-57-23-12-13-24-59(57)63(49-18-6-2-7-19-49)64(61(58)43-51)50-20-8-3-9-21-50/h1-43H. The first-order valence-electron chi connectivity index (χ1n) is 23.3. The third kappa shape index (κ3) is 6.73. The van der Waals surface area contributed by atoms with Crippen molar-refractivity contribution >= 4 is 71.3 Å². The second-order valence-corrected chi connectivity index (χ2v) is 17.6. The maximum atomic E-state index is 6.57. The molecule has 0 aliphatic carbocycles. The van der Waals surface area contributed by atoms with Gasteiger partial charge in [-0.05, 0) is 137 Å². The summed E-state index contributed by atoms with van der Waals surface area (Å²) in [4.78, 5) is 2.36. The fraction of sp³-hybridized carbons (Fsp3) is 0. The predicted octanol–water partition coefficient (Wildman–Crippen LogP) is 18.9. The van der Waals surface area contributed by atoms with E-state index >= 15 is 0 Å². The van der Waals surface area contributed by atoms with E-state index in [2.05, 4.69) is 266 Å². The summed E-state index contributed by atoms with van der Waals surface area (Å²) in [6.07, 6.45) is 0. The molecule has 0 radical (unpaired) electrons. The second kappa shape index (κ2) is 16.5. The Bertz CT molecular complexity index is 3970. The number of rotatable bonds is 8. The lowest BCUT2D eigenvalue weighted by Crippen LogP contribution is -2.09. The van der Waals surface area contributed by atoms with E-state index < -0.39 is 0 Å². The fourth-order valence-electron chi connectivity index (χ4n) is 10.4. The van der Waals surface area contributed by atoms with Crippen LogP contribution < -0.4 is 4.90 Å². The van der Waals surface area contributed by atoms with Gasteiger partial charge in [-0.2, -0.15) is 0 Å².